The number of carbonyl (C=O) groups excluding carboxylic acids is 1. The van der Waals surface area contributed by atoms with Gasteiger partial charge in [-0.1, -0.05) is 30.3 Å². The molecule has 1 amide bonds. The van der Waals surface area contributed by atoms with Gasteiger partial charge in [0.2, 0.25) is 0 Å². The van der Waals surface area contributed by atoms with Crippen LogP contribution in [0.2, 0.25) is 0 Å². The van der Waals surface area contributed by atoms with Gasteiger partial charge in [-0.2, -0.15) is 0 Å². The number of benzene rings is 1. The maximum absolute atomic E-state index is 11.8. The van der Waals surface area contributed by atoms with Crippen LogP contribution in [0.1, 0.15) is 12.5 Å². The Bertz CT molecular complexity index is 362. The van der Waals surface area contributed by atoms with Crippen LogP contribution in [0.25, 0.3) is 0 Å². The summed E-state index contributed by atoms with van der Waals surface area (Å²) in [6, 6.07) is 9.67. The molecule has 1 saturated heterocycles. The van der Waals surface area contributed by atoms with E-state index in [2.05, 4.69) is 0 Å². The average molecular weight is 235 g/mol. The van der Waals surface area contributed by atoms with Crippen molar-refractivity contribution in [1.29, 1.82) is 0 Å². The smallest absolute Gasteiger partial charge is 0.410 e. The van der Waals surface area contributed by atoms with E-state index < -0.39 is 0 Å². The Kier molecular flexibility index (Phi) is 3.98. The summed E-state index contributed by atoms with van der Waals surface area (Å²) in [6.45, 7) is 4.29. The van der Waals surface area contributed by atoms with Crippen molar-refractivity contribution in [2.45, 2.75) is 19.6 Å². The summed E-state index contributed by atoms with van der Waals surface area (Å²) in [6.07, 6.45) is -0.0638. The topological polar surface area (TPSA) is 42.1 Å². The van der Waals surface area contributed by atoms with Crippen molar-refractivity contribution >= 4 is 6.09 Å². The molecule has 0 aromatic heterocycles. The lowest BCUT2D eigenvalue weighted by Gasteiger charge is -2.19. The van der Waals surface area contributed by atoms with Gasteiger partial charge >= 0.3 is 6.09 Å². The fourth-order valence-electron chi connectivity index (χ4n) is 1.56. The van der Waals surface area contributed by atoms with Crippen LogP contribution in [0, 0.1) is 0 Å². The molecule has 2 rings (SSSR count). The first-order valence-electron chi connectivity index (χ1n) is 5.87. The van der Waals surface area contributed by atoms with Gasteiger partial charge in [0, 0.05) is 6.54 Å². The van der Waals surface area contributed by atoms with E-state index in [9.17, 15) is 4.79 Å². The minimum absolute atomic E-state index is 0.208. The second-order valence-electron chi connectivity index (χ2n) is 4.03. The maximum Gasteiger partial charge on any atom is 0.410 e. The fraction of sp³-hybridized carbons (Fsp3) is 0.462. The van der Waals surface area contributed by atoms with Gasteiger partial charge in [-0.15, -0.1) is 0 Å². The van der Waals surface area contributed by atoms with E-state index in [1.807, 2.05) is 37.3 Å². The van der Waals surface area contributed by atoms with Gasteiger partial charge in [-0.25, -0.2) is 4.79 Å². The Morgan fingerprint density at radius 3 is 2.76 bits per heavy atom. The quantitative estimate of drug-likeness (QED) is 0.733. The van der Waals surface area contributed by atoms with E-state index in [1.54, 1.807) is 4.90 Å². The van der Waals surface area contributed by atoms with Crippen LogP contribution >= 0.6 is 0 Å². The van der Waals surface area contributed by atoms with E-state index in [0.29, 0.717) is 19.7 Å². The van der Waals surface area contributed by atoms with Crippen molar-refractivity contribution < 1.29 is 14.3 Å². The van der Waals surface area contributed by atoms with Crippen LogP contribution in [0.15, 0.2) is 30.3 Å². The zero-order valence-electron chi connectivity index (χ0n) is 9.96. The third kappa shape index (κ3) is 3.75. The lowest BCUT2D eigenvalue weighted by Crippen LogP contribution is -2.34. The van der Waals surface area contributed by atoms with E-state index >= 15 is 0 Å². The number of hydrogen-bond acceptors (Lipinski definition) is 3. The van der Waals surface area contributed by atoms with Gasteiger partial charge in [0.25, 0.3) is 0 Å². The molecule has 0 radical (unpaired) electrons. The van der Waals surface area contributed by atoms with Crippen molar-refractivity contribution in [1.82, 2.24) is 4.90 Å². The molecule has 1 aliphatic rings. The number of hydrogen-bond donors (Lipinski definition) is 0. The third-order valence-electron chi connectivity index (χ3n) is 2.67. The van der Waals surface area contributed by atoms with Crippen molar-refractivity contribution in [3.05, 3.63) is 35.9 Å². The normalized spacial score (nSPS) is 17.6. The molecule has 0 N–H and O–H groups in total. The first-order chi connectivity index (χ1) is 8.29. The highest BCUT2D eigenvalue weighted by Crippen LogP contribution is 2.12. The summed E-state index contributed by atoms with van der Waals surface area (Å²) in [4.78, 5) is 13.4. The second kappa shape index (κ2) is 5.68. The standard InChI is InChI=1S/C13H17NO3/c1-2-14(8-12-10-16-12)13(15)17-9-11-6-4-3-5-7-11/h3-7,12H,2,8-10H2,1H3/t12-/m1/s1. The molecule has 0 bridgehead atoms. The molecular formula is C13H17NO3. The molecule has 1 atom stereocenters. The van der Waals surface area contributed by atoms with Gasteiger partial charge in [0.05, 0.1) is 19.3 Å². The second-order valence-corrected chi connectivity index (χ2v) is 4.03. The van der Waals surface area contributed by atoms with Gasteiger partial charge < -0.3 is 14.4 Å². The van der Waals surface area contributed by atoms with Crippen LogP contribution in [0.5, 0.6) is 0 Å². The summed E-state index contributed by atoms with van der Waals surface area (Å²) in [5, 5.41) is 0. The zero-order valence-corrected chi connectivity index (χ0v) is 9.96. The molecule has 0 saturated carbocycles. The van der Waals surface area contributed by atoms with E-state index in [1.165, 1.54) is 0 Å². The molecule has 4 heteroatoms. The highest BCUT2D eigenvalue weighted by atomic mass is 16.6. The molecule has 0 unspecified atom stereocenters. The van der Waals surface area contributed by atoms with Crippen molar-refractivity contribution in [2.24, 2.45) is 0 Å². The summed E-state index contributed by atoms with van der Waals surface area (Å²) < 4.78 is 10.3. The minimum Gasteiger partial charge on any atom is -0.445 e. The van der Waals surface area contributed by atoms with E-state index in [-0.39, 0.29) is 12.2 Å². The molecule has 1 aliphatic heterocycles. The van der Waals surface area contributed by atoms with Crippen LogP contribution in [-0.2, 0) is 16.1 Å². The highest BCUT2D eigenvalue weighted by molar-refractivity contribution is 5.67. The van der Waals surface area contributed by atoms with Gasteiger partial charge in [-0.05, 0) is 12.5 Å². The SMILES string of the molecule is CCN(C[C@@H]1CO1)C(=O)OCc1ccccc1. The number of nitrogens with zero attached hydrogens (tertiary/aromatic N) is 1. The lowest BCUT2D eigenvalue weighted by atomic mass is 10.2. The molecular weight excluding hydrogens is 218 g/mol. The number of likely N-dealkylation sites (N-methyl/N-ethyl adjacent to an activating group) is 1. The fourth-order valence-corrected chi connectivity index (χ4v) is 1.56. The molecule has 0 spiro atoms. The summed E-state index contributed by atoms with van der Waals surface area (Å²) in [5.41, 5.74) is 1.000. The van der Waals surface area contributed by atoms with E-state index in [4.69, 9.17) is 9.47 Å². The van der Waals surface area contributed by atoms with Crippen LogP contribution in [0.3, 0.4) is 0 Å². The zero-order chi connectivity index (χ0) is 12.1. The van der Waals surface area contributed by atoms with Crippen molar-refractivity contribution in [3.8, 4) is 0 Å². The van der Waals surface area contributed by atoms with Gasteiger partial charge in [0.15, 0.2) is 0 Å². The predicted octanol–water partition coefficient (Wildman–Crippen LogP) is 2.04. The lowest BCUT2D eigenvalue weighted by molar-refractivity contribution is 0.0952. The van der Waals surface area contributed by atoms with Gasteiger partial charge in [0.1, 0.15) is 6.61 Å². The Morgan fingerprint density at radius 2 is 2.18 bits per heavy atom. The molecule has 1 fully saturated rings. The molecule has 4 nitrogen and oxygen atoms in total. The molecule has 1 heterocycles. The Hall–Kier alpha value is -1.55. The molecule has 17 heavy (non-hydrogen) atoms. The monoisotopic (exact) mass is 235 g/mol. The maximum atomic E-state index is 11.8. The highest BCUT2D eigenvalue weighted by Gasteiger charge is 2.27. The Morgan fingerprint density at radius 1 is 1.47 bits per heavy atom. The van der Waals surface area contributed by atoms with Crippen molar-refractivity contribution in [3.63, 3.8) is 0 Å². The number of amides is 1. The summed E-state index contributed by atoms with van der Waals surface area (Å²) >= 11 is 0. The van der Waals surface area contributed by atoms with Crippen molar-refractivity contribution in [2.75, 3.05) is 19.7 Å². The molecule has 0 aliphatic carbocycles. The van der Waals surface area contributed by atoms with Crippen LogP contribution < -0.4 is 0 Å². The first kappa shape index (κ1) is 11.9. The minimum atomic E-state index is -0.271. The summed E-state index contributed by atoms with van der Waals surface area (Å²) in [5.74, 6) is 0. The number of rotatable bonds is 5. The molecule has 92 valence electrons. The van der Waals surface area contributed by atoms with E-state index in [0.717, 1.165) is 12.2 Å². The average Bonchev–Trinajstić information content (AvgIpc) is 3.18. The van der Waals surface area contributed by atoms with Crippen LogP contribution in [-0.4, -0.2) is 36.8 Å². The Balaban J connectivity index is 1.78. The van der Waals surface area contributed by atoms with Gasteiger partial charge in [-0.3, -0.25) is 0 Å². The molecule has 1 aromatic rings. The first-order valence-corrected chi connectivity index (χ1v) is 5.87. The summed E-state index contributed by atoms with van der Waals surface area (Å²) in [7, 11) is 0. The predicted molar refractivity (Wildman–Crippen MR) is 63.6 cm³/mol. The molecule has 1 aromatic carbocycles. The largest absolute Gasteiger partial charge is 0.445 e. The number of carbonyl (C=O) groups is 1. The van der Waals surface area contributed by atoms with Crippen LogP contribution in [0.4, 0.5) is 4.79 Å². The number of ether oxygens (including phenoxy) is 2. The number of epoxide rings is 1. The third-order valence-corrected chi connectivity index (χ3v) is 2.67. The Labute approximate surface area is 101 Å².